The third-order valence-electron chi connectivity index (χ3n) is 5.55. The number of nitrogens with zero attached hydrogens (tertiary/aromatic N) is 1. The van der Waals surface area contributed by atoms with E-state index in [1.807, 2.05) is 13.0 Å². The summed E-state index contributed by atoms with van der Waals surface area (Å²) in [6.45, 7) is 18.3. The molecule has 0 bridgehead atoms. The summed E-state index contributed by atoms with van der Waals surface area (Å²) in [6.07, 6.45) is 4.79. The topological polar surface area (TPSA) is 43.1 Å². The average Bonchev–Trinajstić information content (AvgIpc) is 2.85. The largest absolute Gasteiger partial charge is 0.270 e. The van der Waals surface area contributed by atoms with Crippen molar-refractivity contribution >= 4 is 11.8 Å². The Bertz CT molecular complexity index is 1040. The summed E-state index contributed by atoms with van der Waals surface area (Å²) < 4.78 is 0. The van der Waals surface area contributed by atoms with Crippen LogP contribution in [0.4, 0.5) is 5.69 Å². The predicted octanol–water partition coefficient (Wildman–Crippen LogP) is 8.70. The van der Waals surface area contributed by atoms with E-state index >= 15 is 0 Å². The zero-order valence-electron chi connectivity index (χ0n) is 20.5. The highest BCUT2D eigenvalue weighted by molar-refractivity contribution is 5.53. The first-order valence-electron chi connectivity index (χ1n) is 11.4. The maximum atomic E-state index is 10.5. The first-order chi connectivity index (χ1) is 15.9. The molecule has 3 rings (SSSR count). The van der Waals surface area contributed by atoms with Crippen molar-refractivity contribution in [1.82, 2.24) is 0 Å². The van der Waals surface area contributed by atoms with Crippen molar-refractivity contribution in [3.05, 3.63) is 130 Å². The van der Waals surface area contributed by atoms with Crippen LogP contribution in [0.5, 0.6) is 0 Å². The molecular weight excluding hydrogens is 406 g/mol. The molecule has 0 spiro atoms. The summed E-state index contributed by atoms with van der Waals surface area (Å²) >= 11 is 0. The van der Waals surface area contributed by atoms with Gasteiger partial charge in [-0.05, 0) is 53.1 Å². The molecule has 0 aliphatic heterocycles. The quantitative estimate of drug-likeness (QED) is 0.208. The molecule has 1 atom stereocenters. The summed E-state index contributed by atoms with van der Waals surface area (Å²) in [5.41, 5.74) is 7.70. The van der Waals surface area contributed by atoms with Gasteiger partial charge in [0, 0.05) is 18.1 Å². The first kappa shape index (κ1) is 27.6. The second-order valence-electron chi connectivity index (χ2n) is 7.77. The zero-order chi connectivity index (χ0) is 24.8. The van der Waals surface area contributed by atoms with E-state index in [4.69, 9.17) is 0 Å². The lowest BCUT2D eigenvalue weighted by atomic mass is 9.86. The van der Waals surface area contributed by atoms with Crippen LogP contribution in [0.1, 0.15) is 66.5 Å². The summed E-state index contributed by atoms with van der Waals surface area (Å²) in [4.78, 5) is 10.1. The standard InChI is InChI=1S/C18H22.C10H11NO2.C2H4/c1-4-9-16-11-6-8-13-18(16)15(3)17-12-7-5-10-14(17)2;1-3-8-5-9(4-2)7-10(6-8)11(12)13;1-2/h5-8,10-13,15H,4,9H2,1-3H3;3,5-7H,1,4H2,2H3;1-2H2. The van der Waals surface area contributed by atoms with E-state index in [2.05, 4.69) is 89.0 Å². The molecule has 0 saturated carbocycles. The molecule has 3 aromatic carbocycles. The average molecular weight is 444 g/mol. The third kappa shape index (κ3) is 8.19. The molecule has 0 fully saturated rings. The van der Waals surface area contributed by atoms with Crippen molar-refractivity contribution in [3.8, 4) is 0 Å². The summed E-state index contributed by atoms with van der Waals surface area (Å²) in [5, 5.41) is 10.5. The monoisotopic (exact) mass is 443 g/mol. The van der Waals surface area contributed by atoms with Gasteiger partial charge in [0.25, 0.3) is 5.69 Å². The van der Waals surface area contributed by atoms with E-state index < -0.39 is 0 Å². The fourth-order valence-corrected chi connectivity index (χ4v) is 3.82. The Hall–Kier alpha value is -3.46. The predicted molar refractivity (Wildman–Crippen MR) is 143 cm³/mol. The molecular formula is C30H37NO2. The van der Waals surface area contributed by atoms with Gasteiger partial charge in [-0.2, -0.15) is 0 Å². The van der Waals surface area contributed by atoms with Gasteiger partial charge < -0.3 is 0 Å². The van der Waals surface area contributed by atoms with Gasteiger partial charge in [0.1, 0.15) is 0 Å². The minimum Gasteiger partial charge on any atom is -0.258 e. The number of rotatable bonds is 7. The summed E-state index contributed by atoms with van der Waals surface area (Å²) in [5.74, 6) is 0.481. The molecule has 1 unspecified atom stereocenters. The Labute approximate surface area is 199 Å². The Morgan fingerprint density at radius 3 is 2.12 bits per heavy atom. The van der Waals surface area contributed by atoms with Crippen molar-refractivity contribution in [2.45, 2.75) is 52.9 Å². The van der Waals surface area contributed by atoms with Crippen molar-refractivity contribution < 1.29 is 4.92 Å². The van der Waals surface area contributed by atoms with E-state index in [-0.39, 0.29) is 10.6 Å². The van der Waals surface area contributed by atoms with Crippen LogP contribution in [0.25, 0.3) is 6.08 Å². The van der Waals surface area contributed by atoms with Crippen LogP contribution < -0.4 is 0 Å². The molecule has 0 radical (unpaired) electrons. The second kappa shape index (κ2) is 14.6. The maximum absolute atomic E-state index is 10.5. The molecule has 0 saturated heterocycles. The molecule has 0 aliphatic rings. The van der Waals surface area contributed by atoms with Crippen LogP contribution in [0.15, 0.2) is 86.5 Å². The van der Waals surface area contributed by atoms with E-state index in [1.165, 1.54) is 41.2 Å². The molecule has 3 nitrogen and oxygen atoms in total. The number of non-ortho nitro benzene ring substituents is 1. The number of nitro benzene ring substituents is 1. The molecule has 0 aromatic heterocycles. The minimum absolute atomic E-state index is 0.134. The molecule has 0 aliphatic carbocycles. The van der Waals surface area contributed by atoms with Gasteiger partial charge in [-0.15, -0.1) is 13.2 Å². The maximum Gasteiger partial charge on any atom is 0.270 e. The van der Waals surface area contributed by atoms with Crippen molar-refractivity contribution in [3.63, 3.8) is 0 Å². The molecule has 3 aromatic rings. The van der Waals surface area contributed by atoms with E-state index in [0.29, 0.717) is 5.92 Å². The van der Waals surface area contributed by atoms with Gasteiger partial charge in [0.2, 0.25) is 0 Å². The molecule has 3 heteroatoms. The van der Waals surface area contributed by atoms with Crippen LogP contribution in [0.3, 0.4) is 0 Å². The highest BCUT2D eigenvalue weighted by Crippen LogP contribution is 2.29. The summed E-state index contributed by atoms with van der Waals surface area (Å²) in [6, 6.07) is 22.6. The van der Waals surface area contributed by atoms with Gasteiger partial charge in [0.15, 0.2) is 0 Å². The lowest BCUT2D eigenvalue weighted by molar-refractivity contribution is -0.384. The molecule has 0 heterocycles. The van der Waals surface area contributed by atoms with E-state index in [9.17, 15) is 10.1 Å². The number of hydrogen-bond acceptors (Lipinski definition) is 2. The molecule has 33 heavy (non-hydrogen) atoms. The SMILES string of the molecule is C=C.C=Cc1cc(CC)cc([N+](=O)[O-])c1.CCCc1ccccc1C(C)c1ccccc1C. The van der Waals surface area contributed by atoms with Crippen LogP contribution in [-0.4, -0.2) is 4.92 Å². The van der Waals surface area contributed by atoms with Gasteiger partial charge in [-0.25, -0.2) is 0 Å². The van der Waals surface area contributed by atoms with Gasteiger partial charge >= 0.3 is 0 Å². The smallest absolute Gasteiger partial charge is 0.258 e. The number of nitro groups is 1. The Kier molecular flexibility index (Phi) is 12.2. The minimum atomic E-state index is -0.383. The number of hydrogen-bond donors (Lipinski definition) is 0. The highest BCUT2D eigenvalue weighted by Gasteiger charge is 2.13. The number of aryl methyl sites for hydroxylation is 3. The normalized spacial score (nSPS) is 10.7. The van der Waals surface area contributed by atoms with Crippen LogP contribution in [-0.2, 0) is 12.8 Å². The fraction of sp³-hybridized carbons (Fsp3) is 0.267. The second-order valence-corrected chi connectivity index (χ2v) is 7.77. The van der Waals surface area contributed by atoms with Crippen molar-refractivity contribution in [2.24, 2.45) is 0 Å². The van der Waals surface area contributed by atoms with Crippen LogP contribution in [0, 0.1) is 17.0 Å². The Balaban J connectivity index is 0.000000322. The van der Waals surface area contributed by atoms with Gasteiger partial charge in [-0.3, -0.25) is 10.1 Å². The van der Waals surface area contributed by atoms with Crippen LogP contribution in [0.2, 0.25) is 0 Å². The number of benzene rings is 3. The third-order valence-corrected chi connectivity index (χ3v) is 5.55. The molecule has 0 amide bonds. The Morgan fingerprint density at radius 2 is 1.58 bits per heavy atom. The summed E-state index contributed by atoms with van der Waals surface area (Å²) in [7, 11) is 0. The fourth-order valence-electron chi connectivity index (χ4n) is 3.82. The zero-order valence-corrected chi connectivity index (χ0v) is 20.5. The van der Waals surface area contributed by atoms with Crippen LogP contribution >= 0.6 is 0 Å². The van der Waals surface area contributed by atoms with Crippen molar-refractivity contribution in [1.29, 1.82) is 0 Å². The van der Waals surface area contributed by atoms with E-state index in [0.717, 1.165) is 17.5 Å². The lowest BCUT2D eigenvalue weighted by Gasteiger charge is -2.18. The molecule has 174 valence electrons. The first-order valence-corrected chi connectivity index (χ1v) is 11.4. The molecule has 0 N–H and O–H groups in total. The van der Waals surface area contributed by atoms with Crippen molar-refractivity contribution in [2.75, 3.05) is 0 Å². The van der Waals surface area contributed by atoms with Gasteiger partial charge in [0.05, 0.1) is 4.92 Å². The lowest BCUT2D eigenvalue weighted by Crippen LogP contribution is -2.02. The Morgan fingerprint density at radius 1 is 0.970 bits per heavy atom. The highest BCUT2D eigenvalue weighted by atomic mass is 16.6. The van der Waals surface area contributed by atoms with Gasteiger partial charge in [-0.1, -0.05) is 94.4 Å². The van der Waals surface area contributed by atoms with E-state index in [1.54, 1.807) is 12.1 Å².